The molecule has 0 aliphatic rings. The molecule has 1 aromatic rings. The van der Waals surface area contributed by atoms with Crippen molar-refractivity contribution < 1.29 is 14.3 Å². The van der Waals surface area contributed by atoms with Crippen LogP contribution in [0.5, 0.6) is 0 Å². The molecule has 0 aromatic heterocycles. The van der Waals surface area contributed by atoms with Crippen molar-refractivity contribution in [3.8, 4) is 0 Å². The summed E-state index contributed by atoms with van der Waals surface area (Å²) in [4.78, 5) is 23.8. The van der Waals surface area contributed by atoms with Gasteiger partial charge in [-0.15, -0.1) is 0 Å². The van der Waals surface area contributed by atoms with Gasteiger partial charge in [0.2, 0.25) is 11.8 Å². The molecule has 134 valence electrons. The third kappa shape index (κ3) is 7.13. The number of benzene rings is 1. The average Bonchev–Trinajstić information content (AvgIpc) is 2.53. The zero-order valence-electron chi connectivity index (χ0n) is 15.4. The molecule has 5 heteroatoms. The molecule has 2 unspecified atom stereocenters. The number of amides is 2. The van der Waals surface area contributed by atoms with Crippen molar-refractivity contribution in [1.29, 1.82) is 0 Å². The third-order valence-corrected chi connectivity index (χ3v) is 3.68. The van der Waals surface area contributed by atoms with Gasteiger partial charge in [0, 0.05) is 18.6 Å². The third-order valence-electron chi connectivity index (χ3n) is 3.68. The minimum atomic E-state index is -0.541. The largest absolute Gasteiger partial charge is 0.374 e. The second-order valence-electron chi connectivity index (χ2n) is 7.01. The van der Waals surface area contributed by atoms with Crippen molar-refractivity contribution >= 4 is 11.8 Å². The van der Waals surface area contributed by atoms with Crippen LogP contribution in [0.4, 0.5) is 0 Å². The zero-order chi connectivity index (χ0) is 18.2. The molecule has 2 atom stereocenters. The number of hydrogen-bond acceptors (Lipinski definition) is 3. The predicted octanol–water partition coefficient (Wildman–Crippen LogP) is 2.82. The lowest BCUT2D eigenvalue weighted by Crippen LogP contribution is -2.48. The van der Waals surface area contributed by atoms with E-state index in [1.165, 1.54) is 0 Å². The van der Waals surface area contributed by atoms with Gasteiger partial charge in [-0.05, 0) is 25.8 Å². The number of carbonyl (C=O) groups excluding carboxylic acids is 2. The predicted molar refractivity (Wildman–Crippen MR) is 95.5 cm³/mol. The first-order valence-corrected chi connectivity index (χ1v) is 8.47. The van der Waals surface area contributed by atoms with Gasteiger partial charge in [0.1, 0.15) is 6.04 Å². The standard InChI is InChI=1S/C19H30N2O3/c1-14(21-18(23)19(3,4)5)17(22)20-12-9-13-24-15(2)16-10-7-6-8-11-16/h6-8,10-11,14-15H,9,12-13H2,1-5H3,(H,20,22)(H,21,23). The molecule has 5 nitrogen and oxygen atoms in total. The lowest BCUT2D eigenvalue weighted by molar-refractivity contribution is -0.133. The molecule has 0 saturated carbocycles. The molecule has 0 radical (unpaired) electrons. The van der Waals surface area contributed by atoms with Crippen LogP contribution in [0.2, 0.25) is 0 Å². The normalized spacial score (nSPS) is 13.9. The minimum absolute atomic E-state index is 0.0342. The van der Waals surface area contributed by atoms with Crippen molar-refractivity contribution in [2.45, 2.75) is 53.2 Å². The Kier molecular flexibility index (Phi) is 7.92. The molecule has 0 heterocycles. The molecule has 0 aliphatic carbocycles. The van der Waals surface area contributed by atoms with E-state index in [2.05, 4.69) is 10.6 Å². The molecule has 0 bridgehead atoms. The first-order chi connectivity index (χ1) is 11.2. The Hall–Kier alpha value is -1.88. The molecule has 2 N–H and O–H groups in total. The van der Waals surface area contributed by atoms with Crippen LogP contribution in [0.3, 0.4) is 0 Å². The Morgan fingerprint density at radius 3 is 2.33 bits per heavy atom. The van der Waals surface area contributed by atoms with E-state index in [-0.39, 0.29) is 17.9 Å². The maximum absolute atomic E-state index is 12.0. The van der Waals surface area contributed by atoms with Gasteiger partial charge in [-0.1, -0.05) is 51.1 Å². The van der Waals surface area contributed by atoms with E-state index < -0.39 is 11.5 Å². The molecule has 0 aliphatic heterocycles. The summed E-state index contributed by atoms with van der Waals surface area (Å²) >= 11 is 0. The van der Waals surface area contributed by atoms with Gasteiger partial charge in [0.15, 0.2) is 0 Å². The maximum Gasteiger partial charge on any atom is 0.242 e. The van der Waals surface area contributed by atoms with Gasteiger partial charge in [0.05, 0.1) is 6.10 Å². The molecule has 0 spiro atoms. The molecular weight excluding hydrogens is 304 g/mol. The van der Waals surface area contributed by atoms with Crippen molar-refractivity contribution in [3.63, 3.8) is 0 Å². The molecule has 0 saturated heterocycles. The van der Waals surface area contributed by atoms with Crippen LogP contribution in [0.25, 0.3) is 0 Å². The van der Waals surface area contributed by atoms with Gasteiger partial charge in [-0.3, -0.25) is 9.59 Å². The van der Waals surface area contributed by atoms with E-state index in [0.29, 0.717) is 13.2 Å². The smallest absolute Gasteiger partial charge is 0.242 e. The Balaban J connectivity index is 2.20. The van der Waals surface area contributed by atoms with E-state index in [4.69, 9.17) is 4.74 Å². The number of carbonyl (C=O) groups is 2. The van der Waals surface area contributed by atoms with Crippen LogP contribution in [-0.2, 0) is 14.3 Å². The monoisotopic (exact) mass is 334 g/mol. The first kappa shape index (κ1) is 20.2. The molecule has 24 heavy (non-hydrogen) atoms. The Bertz CT molecular complexity index is 523. The van der Waals surface area contributed by atoms with Crippen molar-refractivity contribution in [2.75, 3.05) is 13.2 Å². The minimum Gasteiger partial charge on any atom is -0.374 e. The van der Waals surface area contributed by atoms with Crippen molar-refractivity contribution in [2.24, 2.45) is 5.41 Å². The first-order valence-electron chi connectivity index (χ1n) is 8.47. The Labute approximate surface area is 145 Å². The number of nitrogens with one attached hydrogen (secondary N) is 2. The number of rotatable bonds is 8. The molecule has 0 fully saturated rings. The van der Waals surface area contributed by atoms with Gasteiger partial charge in [0.25, 0.3) is 0 Å². The molecule has 1 aromatic carbocycles. The van der Waals surface area contributed by atoms with Crippen LogP contribution < -0.4 is 10.6 Å². The molecule has 2 amide bonds. The van der Waals surface area contributed by atoms with E-state index in [9.17, 15) is 9.59 Å². The summed E-state index contributed by atoms with van der Waals surface area (Å²) in [6, 6.07) is 9.48. The van der Waals surface area contributed by atoms with Crippen LogP contribution in [-0.4, -0.2) is 31.0 Å². The maximum atomic E-state index is 12.0. The Morgan fingerprint density at radius 1 is 1.12 bits per heavy atom. The van der Waals surface area contributed by atoms with E-state index in [1.54, 1.807) is 6.92 Å². The number of ether oxygens (including phenoxy) is 1. The second-order valence-corrected chi connectivity index (χ2v) is 7.01. The highest BCUT2D eigenvalue weighted by Gasteiger charge is 2.24. The van der Waals surface area contributed by atoms with E-state index >= 15 is 0 Å². The summed E-state index contributed by atoms with van der Waals surface area (Å²) in [6.07, 6.45) is 0.759. The van der Waals surface area contributed by atoms with Crippen molar-refractivity contribution in [3.05, 3.63) is 35.9 Å². The fourth-order valence-corrected chi connectivity index (χ4v) is 2.00. The second kappa shape index (κ2) is 9.42. The van der Waals surface area contributed by atoms with Crippen molar-refractivity contribution in [1.82, 2.24) is 10.6 Å². The Morgan fingerprint density at radius 2 is 1.75 bits per heavy atom. The fraction of sp³-hybridized carbons (Fsp3) is 0.579. The summed E-state index contributed by atoms with van der Waals surface area (Å²) in [7, 11) is 0. The number of hydrogen-bond donors (Lipinski definition) is 2. The van der Waals surface area contributed by atoms with E-state index in [0.717, 1.165) is 12.0 Å². The van der Waals surface area contributed by atoms with Crippen LogP contribution in [0.1, 0.15) is 52.7 Å². The molecule has 1 rings (SSSR count). The zero-order valence-corrected chi connectivity index (χ0v) is 15.4. The van der Waals surface area contributed by atoms with Crippen LogP contribution >= 0.6 is 0 Å². The summed E-state index contributed by atoms with van der Waals surface area (Å²) < 4.78 is 5.76. The van der Waals surface area contributed by atoms with Gasteiger partial charge < -0.3 is 15.4 Å². The van der Waals surface area contributed by atoms with Crippen LogP contribution in [0, 0.1) is 5.41 Å². The van der Waals surface area contributed by atoms with E-state index in [1.807, 2.05) is 58.0 Å². The topological polar surface area (TPSA) is 67.4 Å². The van der Waals surface area contributed by atoms with Crippen LogP contribution in [0.15, 0.2) is 30.3 Å². The summed E-state index contributed by atoms with van der Waals surface area (Å²) in [5.74, 6) is -0.311. The highest BCUT2D eigenvalue weighted by molar-refractivity contribution is 5.89. The van der Waals surface area contributed by atoms with Gasteiger partial charge in [-0.2, -0.15) is 0 Å². The SMILES string of the molecule is CC(NC(=O)C(C)(C)C)C(=O)NCCCOC(C)c1ccccc1. The quantitative estimate of drug-likeness (QED) is 0.718. The summed E-state index contributed by atoms with van der Waals surface area (Å²) in [5, 5.41) is 5.54. The highest BCUT2D eigenvalue weighted by atomic mass is 16.5. The van der Waals surface area contributed by atoms with Gasteiger partial charge >= 0.3 is 0 Å². The summed E-state index contributed by atoms with van der Waals surface area (Å²) in [6.45, 7) is 10.2. The van der Waals surface area contributed by atoms with Gasteiger partial charge in [-0.25, -0.2) is 0 Å². The summed E-state index contributed by atoms with van der Waals surface area (Å²) in [5.41, 5.74) is 0.635. The average molecular weight is 334 g/mol. The lowest BCUT2D eigenvalue weighted by atomic mass is 9.95. The highest BCUT2D eigenvalue weighted by Crippen LogP contribution is 2.15. The lowest BCUT2D eigenvalue weighted by Gasteiger charge is -2.21. The fourth-order valence-electron chi connectivity index (χ4n) is 2.00. The molecular formula is C19H30N2O3.